The fourth-order valence-corrected chi connectivity index (χ4v) is 5.00. The number of nitrogens with zero attached hydrogens (tertiary/aromatic N) is 1. The Bertz CT molecular complexity index is 1080. The molecule has 0 aromatic heterocycles. The summed E-state index contributed by atoms with van der Waals surface area (Å²) in [5, 5.41) is 5.52. The van der Waals surface area contributed by atoms with Gasteiger partial charge in [0.25, 0.3) is 11.8 Å². The van der Waals surface area contributed by atoms with Crippen molar-refractivity contribution in [1.29, 1.82) is 0 Å². The molecule has 2 saturated heterocycles. The van der Waals surface area contributed by atoms with Crippen LogP contribution in [0.2, 0.25) is 0 Å². The summed E-state index contributed by atoms with van der Waals surface area (Å²) < 4.78 is 37.4. The molecule has 1 atom stereocenters. The second-order valence-electron chi connectivity index (χ2n) is 7.57. The third kappa shape index (κ3) is 5.16. The Morgan fingerprint density at radius 3 is 2.38 bits per heavy atom. The molecule has 0 aliphatic carbocycles. The van der Waals surface area contributed by atoms with Gasteiger partial charge in [0, 0.05) is 36.6 Å². The van der Waals surface area contributed by atoms with E-state index in [4.69, 9.17) is 9.47 Å². The van der Waals surface area contributed by atoms with Crippen molar-refractivity contribution in [2.24, 2.45) is 0 Å². The summed E-state index contributed by atoms with van der Waals surface area (Å²) in [4.78, 5) is 25.0. The number of sulfonamides is 1. The smallest absolute Gasteiger partial charge is 0.255 e. The van der Waals surface area contributed by atoms with Gasteiger partial charge >= 0.3 is 0 Å². The molecule has 0 radical (unpaired) electrons. The van der Waals surface area contributed by atoms with Crippen LogP contribution in [0.1, 0.15) is 23.2 Å². The Morgan fingerprint density at radius 1 is 0.938 bits per heavy atom. The number of hydrogen-bond acceptors (Lipinski definition) is 6. The van der Waals surface area contributed by atoms with Crippen molar-refractivity contribution in [3.8, 4) is 0 Å². The molecule has 2 aromatic rings. The minimum absolute atomic E-state index is 0.163. The predicted octanol–water partition coefficient (Wildman–Crippen LogP) is 2.08. The van der Waals surface area contributed by atoms with Crippen LogP contribution in [0, 0.1) is 0 Å². The molecule has 9 nitrogen and oxygen atoms in total. The molecule has 2 N–H and O–H groups in total. The Hall–Kier alpha value is -2.79. The maximum atomic E-state index is 12.7. The second-order valence-corrected chi connectivity index (χ2v) is 9.50. The highest BCUT2D eigenvalue weighted by atomic mass is 32.2. The summed E-state index contributed by atoms with van der Waals surface area (Å²) in [5.74, 6) is -0.598. The summed E-state index contributed by atoms with van der Waals surface area (Å²) in [6.07, 6.45) is 1.08. The second kappa shape index (κ2) is 9.78. The average molecular weight is 460 g/mol. The summed E-state index contributed by atoms with van der Waals surface area (Å²) in [7, 11) is -3.59. The van der Waals surface area contributed by atoms with Crippen molar-refractivity contribution < 1.29 is 27.5 Å². The molecule has 2 aromatic carbocycles. The molecule has 0 bridgehead atoms. The van der Waals surface area contributed by atoms with Gasteiger partial charge in [0.2, 0.25) is 10.0 Å². The molecule has 2 amide bonds. The van der Waals surface area contributed by atoms with E-state index in [-0.39, 0.29) is 16.7 Å². The minimum Gasteiger partial charge on any atom is -0.379 e. The molecule has 2 aliphatic rings. The van der Waals surface area contributed by atoms with Crippen LogP contribution in [0.25, 0.3) is 0 Å². The fraction of sp³-hybridized carbons (Fsp3) is 0.364. The van der Waals surface area contributed by atoms with Crippen LogP contribution >= 0.6 is 0 Å². The molecule has 0 saturated carbocycles. The minimum atomic E-state index is -3.59. The topological polar surface area (TPSA) is 114 Å². The Morgan fingerprint density at radius 2 is 1.69 bits per heavy atom. The summed E-state index contributed by atoms with van der Waals surface area (Å²) >= 11 is 0. The van der Waals surface area contributed by atoms with Crippen molar-refractivity contribution in [2.45, 2.75) is 23.8 Å². The number of ether oxygens (including phenoxy) is 2. The van der Waals surface area contributed by atoms with Gasteiger partial charge in [0.05, 0.1) is 18.1 Å². The first kappa shape index (κ1) is 22.4. The number of rotatable bonds is 6. The Kier molecular flexibility index (Phi) is 6.85. The van der Waals surface area contributed by atoms with Crippen LogP contribution in [0.3, 0.4) is 0 Å². The van der Waals surface area contributed by atoms with E-state index < -0.39 is 16.1 Å². The van der Waals surface area contributed by atoms with E-state index in [2.05, 4.69) is 10.6 Å². The van der Waals surface area contributed by atoms with Gasteiger partial charge in [-0.3, -0.25) is 9.59 Å². The standard InChI is InChI=1S/C22H25N3O6S/c26-21(16-3-1-4-18(15-16)24-22(27)20-5-2-12-31-20)23-17-6-8-19(9-7-17)32(28,29)25-10-13-30-14-11-25/h1,3-4,6-9,15,20H,2,5,10-14H2,(H,23,26)(H,24,27). The summed E-state index contributed by atoms with van der Waals surface area (Å²) in [6.45, 7) is 1.97. The van der Waals surface area contributed by atoms with Gasteiger partial charge in [-0.25, -0.2) is 8.42 Å². The Labute approximate surface area is 186 Å². The third-order valence-electron chi connectivity index (χ3n) is 5.33. The number of anilines is 2. The van der Waals surface area contributed by atoms with E-state index in [1.54, 1.807) is 36.4 Å². The molecular weight excluding hydrogens is 434 g/mol. The SMILES string of the molecule is O=C(Nc1ccc(S(=O)(=O)N2CCOCC2)cc1)c1cccc(NC(=O)C2CCCO2)c1. The summed E-state index contributed by atoms with van der Waals surface area (Å²) in [5.41, 5.74) is 1.33. The van der Waals surface area contributed by atoms with Gasteiger partial charge in [-0.15, -0.1) is 0 Å². The highest BCUT2D eigenvalue weighted by Gasteiger charge is 2.26. The number of carbonyl (C=O) groups excluding carboxylic acids is 2. The Balaban J connectivity index is 1.40. The zero-order valence-corrected chi connectivity index (χ0v) is 18.3. The van der Waals surface area contributed by atoms with Crippen LogP contribution in [-0.4, -0.2) is 63.6 Å². The first-order chi connectivity index (χ1) is 15.4. The largest absolute Gasteiger partial charge is 0.379 e. The highest BCUT2D eigenvalue weighted by Crippen LogP contribution is 2.21. The lowest BCUT2D eigenvalue weighted by Crippen LogP contribution is -2.40. The van der Waals surface area contributed by atoms with E-state index >= 15 is 0 Å². The molecule has 2 fully saturated rings. The molecule has 10 heteroatoms. The summed E-state index contributed by atoms with van der Waals surface area (Å²) in [6, 6.07) is 12.6. The van der Waals surface area contributed by atoms with Crippen molar-refractivity contribution in [1.82, 2.24) is 4.31 Å². The fourth-order valence-electron chi connectivity index (χ4n) is 3.59. The monoisotopic (exact) mass is 459 g/mol. The zero-order valence-electron chi connectivity index (χ0n) is 17.5. The van der Waals surface area contributed by atoms with Gasteiger partial charge in [0.15, 0.2) is 0 Å². The number of morpholine rings is 1. The molecule has 4 rings (SSSR count). The maximum absolute atomic E-state index is 12.7. The molecule has 32 heavy (non-hydrogen) atoms. The third-order valence-corrected chi connectivity index (χ3v) is 7.25. The number of carbonyl (C=O) groups is 2. The van der Waals surface area contributed by atoms with Crippen LogP contribution in [0.15, 0.2) is 53.4 Å². The quantitative estimate of drug-likeness (QED) is 0.684. The normalized spacial score (nSPS) is 19.4. The molecule has 1 unspecified atom stereocenters. The van der Waals surface area contributed by atoms with Crippen LogP contribution in [-0.2, 0) is 24.3 Å². The van der Waals surface area contributed by atoms with E-state index in [1.165, 1.54) is 16.4 Å². The zero-order chi connectivity index (χ0) is 22.6. The number of benzene rings is 2. The van der Waals surface area contributed by atoms with E-state index in [9.17, 15) is 18.0 Å². The lowest BCUT2D eigenvalue weighted by atomic mass is 10.1. The van der Waals surface area contributed by atoms with Crippen molar-refractivity contribution in [3.05, 3.63) is 54.1 Å². The molecule has 0 spiro atoms. The maximum Gasteiger partial charge on any atom is 0.255 e. The van der Waals surface area contributed by atoms with Crippen LogP contribution in [0.4, 0.5) is 11.4 Å². The molecular formula is C22H25N3O6S. The van der Waals surface area contributed by atoms with Gasteiger partial charge in [-0.2, -0.15) is 4.31 Å². The van der Waals surface area contributed by atoms with Gasteiger partial charge in [-0.05, 0) is 55.3 Å². The van der Waals surface area contributed by atoms with Gasteiger partial charge in [0.1, 0.15) is 6.10 Å². The van der Waals surface area contributed by atoms with E-state index in [1.807, 2.05) is 0 Å². The first-order valence-corrected chi connectivity index (χ1v) is 11.9. The molecule has 2 heterocycles. The predicted molar refractivity (Wildman–Crippen MR) is 118 cm³/mol. The number of hydrogen-bond donors (Lipinski definition) is 2. The van der Waals surface area contributed by atoms with E-state index in [0.717, 1.165) is 6.42 Å². The lowest BCUT2D eigenvalue weighted by Gasteiger charge is -2.26. The van der Waals surface area contributed by atoms with Crippen molar-refractivity contribution >= 4 is 33.2 Å². The lowest BCUT2D eigenvalue weighted by molar-refractivity contribution is -0.124. The van der Waals surface area contributed by atoms with Crippen LogP contribution < -0.4 is 10.6 Å². The number of amides is 2. The molecule has 2 aliphatic heterocycles. The average Bonchev–Trinajstić information content (AvgIpc) is 3.35. The van der Waals surface area contributed by atoms with Crippen molar-refractivity contribution in [3.63, 3.8) is 0 Å². The number of nitrogens with one attached hydrogen (secondary N) is 2. The van der Waals surface area contributed by atoms with Gasteiger partial charge < -0.3 is 20.1 Å². The highest BCUT2D eigenvalue weighted by molar-refractivity contribution is 7.89. The molecule has 170 valence electrons. The first-order valence-electron chi connectivity index (χ1n) is 10.5. The van der Waals surface area contributed by atoms with Crippen molar-refractivity contribution in [2.75, 3.05) is 43.5 Å². The van der Waals surface area contributed by atoms with E-state index in [0.29, 0.717) is 56.3 Å². The van der Waals surface area contributed by atoms with Crippen LogP contribution in [0.5, 0.6) is 0 Å². The van der Waals surface area contributed by atoms with Gasteiger partial charge in [-0.1, -0.05) is 6.07 Å².